The minimum atomic E-state index is 0.547. The van der Waals surface area contributed by atoms with Crippen LogP contribution in [0.25, 0.3) is 106 Å². The predicted octanol–water partition coefficient (Wildman–Crippen LogP) is 13.1. The number of benzene rings is 7. The number of aromatic nitrogens is 4. The van der Waals surface area contributed by atoms with Gasteiger partial charge in [0.2, 0.25) is 5.95 Å². The lowest BCUT2D eigenvalue weighted by Gasteiger charge is -2.11. The Morgan fingerprint density at radius 1 is 0.491 bits per heavy atom. The smallest absolute Gasteiger partial charge is 0.238 e. The van der Waals surface area contributed by atoms with Crippen LogP contribution in [-0.4, -0.2) is 19.5 Å². The summed E-state index contributed by atoms with van der Waals surface area (Å²) < 4.78 is 15.1. The van der Waals surface area contributed by atoms with Crippen LogP contribution in [0.1, 0.15) is 25.3 Å². The van der Waals surface area contributed by atoms with E-state index in [0.717, 1.165) is 94.4 Å². The fraction of sp³-hybridized carbons (Fsp3) is 0.0816. The van der Waals surface area contributed by atoms with E-state index in [4.69, 9.17) is 23.8 Å². The summed E-state index contributed by atoms with van der Waals surface area (Å²) in [5.41, 5.74) is 10.8. The molecule has 0 saturated carbocycles. The molecule has 0 bridgehead atoms. The van der Waals surface area contributed by atoms with E-state index in [1.54, 1.807) is 0 Å². The maximum absolute atomic E-state index is 6.66. The molecule has 7 aromatic carbocycles. The Hall–Kier alpha value is -7.05. The van der Waals surface area contributed by atoms with Crippen LogP contribution in [0, 0.1) is 0 Å². The predicted molar refractivity (Wildman–Crippen MR) is 224 cm³/mol. The van der Waals surface area contributed by atoms with Crippen molar-refractivity contribution in [2.75, 3.05) is 0 Å². The molecule has 4 aromatic heterocycles. The van der Waals surface area contributed by atoms with Crippen LogP contribution in [0.3, 0.4) is 0 Å². The van der Waals surface area contributed by atoms with E-state index in [0.29, 0.717) is 17.6 Å². The summed E-state index contributed by atoms with van der Waals surface area (Å²) in [6, 6.07) is 52.6. The van der Waals surface area contributed by atoms with Crippen LogP contribution in [0.2, 0.25) is 0 Å². The van der Waals surface area contributed by atoms with Gasteiger partial charge in [-0.3, -0.25) is 4.57 Å². The average Bonchev–Trinajstić information content (AvgIpc) is 3.92. The van der Waals surface area contributed by atoms with Gasteiger partial charge < -0.3 is 8.83 Å². The molecule has 0 spiro atoms. The van der Waals surface area contributed by atoms with Crippen LogP contribution in [0.4, 0.5) is 0 Å². The fourth-order valence-electron chi connectivity index (χ4n) is 8.22. The first-order valence-corrected chi connectivity index (χ1v) is 18.9. The Morgan fingerprint density at radius 3 is 2.15 bits per heavy atom. The van der Waals surface area contributed by atoms with Crippen molar-refractivity contribution in [3.63, 3.8) is 0 Å². The highest BCUT2D eigenvalue weighted by Gasteiger charge is 2.21. The zero-order chi connectivity index (χ0) is 36.5. The lowest BCUT2D eigenvalue weighted by Crippen LogP contribution is -2.06. The maximum Gasteiger partial charge on any atom is 0.238 e. The van der Waals surface area contributed by atoms with Crippen molar-refractivity contribution < 1.29 is 8.83 Å². The standard InChI is InChI=1S/C49H34N4O2/c1-2-3-13-30-24-26-35-36-19-11-18-33(46(36)55-44(35)28-30)32-25-27-41-39(29-32)34-16-7-9-21-40(34)53(41)49-51-47(31-14-5-4-6-15-31)50-48(52-49)38-20-12-23-43-45(38)37-17-8-10-22-42(37)54-43/h4-12,14-29H,2-3,13H2,1H3. The Kier molecular flexibility index (Phi) is 7.17. The lowest BCUT2D eigenvalue weighted by atomic mass is 10.00. The summed E-state index contributed by atoms with van der Waals surface area (Å²) in [4.78, 5) is 15.6. The van der Waals surface area contributed by atoms with Gasteiger partial charge in [-0.15, -0.1) is 0 Å². The van der Waals surface area contributed by atoms with Crippen molar-refractivity contribution in [1.82, 2.24) is 19.5 Å². The van der Waals surface area contributed by atoms with Crippen molar-refractivity contribution in [3.8, 4) is 39.9 Å². The first kappa shape index (κ1) is 31.5. The van der Waals surface area contributed by atoms with E-state index in [9.17, 15) is 0 Å². The molecule has 0 atom stereocenters. The molecule has 11 rings (SSSR count). The number of para-hydroxylation sites is 3. The van der Waals surface area contributed by atoms with E-state index in [2.05, 4.69) is 102 Å². The molecule has 0 unspecified atom stereocenters. The van der Waals surface area contributed by atoms with Crippen molar-refractivity contribution in [1.29, 1.82) is 0 Å². The SMILES string of the molecule is CCCCc1ccc2c(c1)oc1c(-c3ccc4c(c3)c3ccccc3n4-c3nc(-c4ccccc4)nc(-c4cccc5oc6ccccc6c45)n3)cccc12. The van der Waals surface area contributed by atoms with Crippen LogP contribution in [-0.2, 0) is 6.42 Å². The molecule has 262 valence electrons. The summed E-state index contributed by atoms with van der Waals surface area (Å²) in [5, 5.41) is 6.50. The summed E-state index contributed by atoms with van der Waals surface area (Å²) >= 11 is 0. The molecular weight excluding hydrogens is 677 g/mol. The van der Waals surface area contributed by atoms with E-state index in [1.165, 1.54) is 18.4 Å². The van der Waals surface area contributed by atoms with Gasteiger partial charge in [-0.05, 0) is 60.4 Å². The number of nitrogens with zero attached hydrogens (tertiary/aromatic N) is 4. The topological polar surface area (TPSA) is 69.9 Å². The van der Waals surface area contributed by atoms with Gasteiger partial charge in [-0.1, -0.05) is 129 Å². The monoisotopic (exact) mass is 710 g/mol. The van der Waals surface area contributed by atoms with Gasteiger partial charge in [-0.2, -0.15) is 9.97 Å². The van der Waals surface area contributed by atoms with Gasteiger partial charge in [-0.25, -0.2) is 4.98 Å². The van der Waals surface area contributed by atoms with Crippen LogP contribution >= 0.6 is 0 Å². The minimum Gasteiger partial charge on any atom is -0.456 e. The Labute approximate surface area is 316 Å². The molecule has 11 aromatic rings. The quantitative estimate of drug-likeness (QED) is 0.165. The molecule has 0 amide bonds. The number of rotatable bonds is 7. The van der Waals surface area contributed by atoms with Crippen molar-refractivity contribution in [2.45, 2.75) is 26.2 Å². The van der Waals surface area contributed by atoms with Crippen molar-refractivity contribution in [3.05, 3.63) is 157 Å². The maximum atomic E-state index is 6.66. The molecule has 0 aliphatic heterocycles. The van der Waals surface area contributed by atoms with Crippen molar-refractivity contribution in [2.24, 2.45) is 0 Å². The third-order valence-electron chi connectivity index (χ3n) is 10.9. The van der Waals surface area contributed by atoms with Crippen LogP contribution in [0.15, 0.2) is 160 Å². The molecule has 0 radical (unpaired) electrons. The number of hydrogen-bond acceptors (Lipinski definition) is 5. The van der Waals surface area contributed by atoms with E-state index in [1.807, 2.05) is 60.7 Å². The van der Waals surface area contributed by atoms with E-state index < -0.39 is 0 Å². The number of hydrogen-bond donors (Lipinski definition) is 0. The number of aryl methyl sites for hydroxylation is 1. The summed E-state index contributed by atoms with van der Waals surface area (Å²) in [6.07, 6.45) is 3.40. The zero-order valence-corrected chi connectivity index (χ0v) is 30.2. The summed E-state index contributed by atoms with van der Waals surface area (Å²) in [7, 11) is 0. The van der Waals surface area contributed by atoms with Gasteiger partial charge in [0.05, 0.1) is 11.0 Å². The van der Waals surface area contributed by atoms with Gasteiger partial charge in [0.25, 0.3) is 0 Å². The molecule has 4 heterocycles. The molecule has 0 fully saturated rings. The number of unbranched alkanes of at least 4 members (excludes halogenated alkanes) is 1. The molecule has 6 heteroatoms. The summed E-state index contributed by atoms with van der Waals surface area (Å²) in [5.74, 6) is 1.73. The Balaban J connectivity index is 1.13. The highest BCUT2D eigenvalue weighted by Crippen LogP contribution is 2.41. The normalized spacial score (nSPS) is 11.9. The highest BCUT2D eigenvalue weighted by molar-refractivity contribution is 6.14. The van der Waals surface area contributed by atoms with E-state index >= 15 is 0 Å². The van der Waals surface area contributed by atoms with Gasteiger partial charge in [0.1, 0.15) is 22.3 Å². The number of furan rings is 2. The second-order valence-corrected chi connectivity index (χ2v) is 14.2. The fourth-order valence-corrected chi connectivity index (χ4v) is 8.22. The second kappa shape index (κ2) is 12.5. The Morgan fingerprint density at radius 2 is 1.24 bits per heavy atom. The third-order valence-corrected chi connectivity index (χ3v) is 10.9. The third kappa shape index (κ3) is 5.06. The molecule has 55 heavy (non-hydrogen) atoms. The Bertz CT molecular complexity index is 3260. The second-order valence-electron chi connectivity index (χ2n) is 14.2. The molecule has 0 saturated heterocycles. The zero-order valence-electron chi connectivity index (χ0n) is 30.2. The molecular formula is C49H34N4O2. The first-order valence-electron chi connectivity index (χ1n) is 18.9. The van der Waals surface area contributed by atoms with Crippen LogP contribution in [0.5, 0.6) is 0 Å². The number of fused-ring (bicyclic) bond motifs is 9. The van der Waals surface area contributed by atoms with Crippen molar-refractivity contribution >= 4 is 65.7 Å². The van der Waals surface area contributed by atoms with Crippen LogP contribution < -0.4 is 0 Å². The lowest BCUT2D eigenvalue weighted by molar-refractivity contribution is 0.668. The first-order chi connectivity index (χ1) is 27.2. The van der Waals surface area contributed by atoms with Gasteiger partial charge in [0.15, 0.2) is 11.6 Å². The van der Waals surface area contributed by atoms with Gasteiger partial charge in [0, 0.05) is 49.0 Å². The molecule has 0 N–H and O–H groups in total. The van der Waals surface area contributed by atoms with E-state index in [-0.39, 0.29) is 0 Å². The molecule has 0 aliphatic rings. The highest BCUT2D eigenvalue weighted by atomic mass is 16.3. The molecule has 6 nitrogen and oxygen atoms in total. The largest absolute Gasteiger partial charge is 0.456 e. The minimum absolute atomic E-state index is 0.547. The average molecular weight is 711 g/mol. The van der Waals surface area contributed by atoms with Gasteiger partial charge >= 0.3 is 0 Å². The summed E-state index contributed by atoms with van der Waals surface area (Å²) in [6.45, 7) is 2.23. The molecule has 0 aliphatic carbocycles.